The zero-order valence-corrected chi connectivity index (χ0v) is 7.15. The molecule has 1 rings (SSSR count). The van der Waals surface area contributed by atoms with E-state index in [2.05, 4.69) is 10.1 Å². The van der Waals surface area contributed by atoms with Crippen molar-refractivity contribution in [3.63, 3.8) is 0 Å². The lowest BCUT2D eigenvalue weighted by Crippen LogP contribution is -2.17. The van der Waals surface area contributed by atoms with Gasteiger partial charge in [-0.3, -0.25) is 0 Å². The van der Waals surface area contributed by atoms with Gasteiger partial charge in [-0.25, -0.2) is 0 Å². The van der Waals surface area contributed by atoms with Gasteiger partial charge in [0.25, 0.3) is 0 Å². The average molecular weight is 172 g/mol. The third-order valence-corrected chi connectivity index (χ3v) is 1.34. The largest absolute Gasteiger partial charge is 0.390 e. The molecule has 1 unspecified atom stereocenters. The summed E-state index contributed by atoms with van der Waals surface area (Å²) >= 11 is 0. The van der Waals surface area contributed by atoms with Crippen LogP contribution in [0.15, 0.2) is 4.52 Å². The molecular formula is C7H12N2O3. The Kier molecular flexibility index (Phi) is 3.19. The van der Waals surface area contributed by atoms with Crippen molar-refractivity contribution in [2.24, 2.45) is 0 Å². The summed E-state index contributed by atoms with van der Waals surface area (Å²) < 4.78 is 9.55. The second-order valence-electron chi connectivity index (χ2n) is 2.55. The molecule has 0 aliphatic heterocycles. The van der Waals surface area contributed by atoms with E-state index in [4.69, 9.17) is 9.26 Å². The maximum Gasteiger partial charge on any atom is 0.229 e. The van der Waals surface area contributed by atoms with Gasteiger partial charge in [0.15, 0.2) is 5.82 Å². The first-order valence-electron chi connectivity index (χ1n) is 3.68. The molecule has 1 heterocycles. The highest BCUT2D eigenvalue weighted by Crippen LogP contribution is 2.00. The summed E-state index contributed by atoms with van der Waals surface area (Å²) in [4.78, 5) is 3.94. The van der Waals surface area contributed by atoms with Gasteiger partial charge in [-0.2, -0.15) is 4.98 Å². The van der Waals surface area contributed by atoms with E-state index in [0.29, 0.717) is 18.1 Å². The van der Waals surface area contributed by atoms with Gasteiger partial charge in [0.2, 0.25) is 5.89 Å². The molecule has 5 heteroatoms. The van der Waals surface area contributed by atoms with Crippen LogP contribution in [0, 0.1) is 6.92 Å². The lowest BCUT2D eigenvalue weighted by atomic mass is 10.3. The van der Waals surface area contributed by atoms with Gasteiger partial charge in [0.05, 0.1) is 19.1 Å². The van der Waals surface area contributed by atoms with E-state index in [9.17, 15) is 5.11 Å². The third-order valence-electron chi connectivity index (χ3n) is 1.34. The predicted molar refractivity (Wildman–Crippen MR) is 40.6 cm³/mol. The maximum absolute atomic E-state index is 9.26. The third kappa shape index (κ3) is 2.60. The van der Waals surface area contributed by atoms with Crippen molar-refractivity contribution in [3.8, 4) is 0 Å². The van der Waals surface area contributed by atoms with E-state index in [1.54, 1.807) is 6.92 Å². The number of hydrogen-bond donors (Lipinski definition) is 1. The second kappa shape index (κ2) is 4.18. The summed E-state index contributed by atoms with van der Waals surface area (Å²) in [5.74, 6) is 1.02. The van der Waals surface area contributed by atoms with Gasteiger partial charge in [-0.05, 0) is 6.92 Å². The zero-order valence-electron chi connectivity index (χ0n) is 7.15. The number of aliphatic hydroxyl groups is 1. The molecule has 1 N–H and O–H groups in total. The summed E-state index contributed by atoms with van der Waals surface area (Å²) in [5, 5.41) is 12.9. The topological polar surface area (TPSA) is 68.4 Å². The molecule has 12 heavy (non-hydrogen) atoms. The van der Waals surface area contributed by atoms with Crippen LogP contribution < -0.4 is 0 Å². The van der Waals surface area contributed by atoms with Crippen molar-refractivity contribution in [1.29, 1.82) is 0 Å². The first-order valence-corrected chi connectivity index (χ1v) is 3.68. The zero-order chi connectivity index (χ0) is 8.97. The summed E-state index contributed by atoms with van der Waals surface area (Å²) in [5.41, 5.74) is 0. The Labute approximate surface area is 70.3 Å². The molecule has 0 aromatic carbocycles. The number of hydrogen-bond acceptors (Lipinski definition) is 5. The van der Waals surface area contributed by atoms with Crippen molar-refractivity contribution in [2.75, 3.05) is 13.7 Å². The fourth-order valence-electron chi connectivity index (χ4n) is 0.876. The standard InChI is InChI=1S/C7H12N2O3/c1-5-8-7(12-9-5)3-6(10)4-11-2/h6,10H,3-4H2,1-2H3. The number of ether oxygens (including phenoxy) is 1. The van der Waals surface area contributed by atoms with Gasteiger partial charge in [-0.15, -0.1) is 0 Å². The molecular weight excluding hydrogens is 160 g/mol. The number of aromatic nitrogens is 2. The van der Waals surface area contributed by atoms with Crippen molar-refractivity contribution < 1.29 is 14.4 Å². The predicted octanol–water partition coefficient (Wildman–Crippen LogP) is -0.0722. The van der Waals surface area contributed by atoms with E-state index in [-0.39, 0.29) is 6.61 Å². The summed E-state index contributed by atoms with van der Waals surface area (Å²) in [6.45, 7) is 2.01. The molecule has 1 aromatic rings. The first kappa shape index (κ1) is 9.15. The Morgan fingerprint density at radius 3 is 2.92 bits per heavy atom. The van der Waals surface area contributed by atoms with Crippen LogP contribution in [0.25, 0.3) is 0 Å². The Hall–Kier alpha value is -0.940. The van der Waals surface area contributed by atoms with Crippen LogP contribution in [0.3, 0.4) is 0 Å². The SMILES string of the molecule is COCC(O)Cc1nc(C)no1. The summed E-state index contributed by atoms with van der Waals surface area (Å²) in [6.07, 6.45) is -0.232. The Morgan fingerprint density at radius 1 is 1.67 bits per heavy atom. The fraction of sp³-hybridized carbons (Fsp3) is 0.714. The first-order chi connectivity index (χ1) is 5.72. The van der Waals surface area contributed by atoms with Gasteiger partial charge < -0.3 is 14.4 Å². The van der Waals surface area contributed by atoms with Crippen LogP contribution >= 0.6 is 0 Å². The van der Waals surface area contributed by atoms with Crippen molar-refractivity contribution in [3.05, 3.63) is 11.7 Å². The molecule has 0 aliphatic carbocycles. The number of rotatable bonds is 4. The monoisotopic (exact) mass is 172 g/mol. The Bertz CT molecular complexity index is 236. The van der Waals surface area contributed by atoms with E-state index in [0.717, 1.165) is 0 Å². The quantitative estimate of drug-likeness (QED) is 0.688. The highest BCUT2D eigenvalue weighted by molar-refractivity contribution is 4.84. The molecule has 0 amide bonds. The second-order valence-corrected chi connectivity index (χ2v) is 2.55. The Morgan fingerprint density at radius 2 is 2.42 bits per heavy atom. The van der Waals surface area contributed by atoms with Crippen molar-refractivity contribution >= 4 is 0 Å². The highest BCUT2D eigenvalue weighted by atomic mass is 16.5. The molecule has 0 bridgehead atoms. The van der Waals surface area contributed by atoms with Crippen LogP contribution in [0.4, 0.5) is 0 Å². The maximum atomic E-state index is 9.26. The highest BCUT2D eigenvalue weighted by Gasteiger charge is 2.09. The fourth-order valence-corrected chi connectivity index (χ4v) is 0.876. The molecule has 0 radical (unpaired) electrons. The van der Waals surface area contributed by atoms with Crippen LogP contribution in [0.1, 0.15) is 11.7 Å². The molecule has 0 saturated heterocycles. The van der Waals surface area contributed by atoms with Gasteiger partial charge in [0, 0.05) is 7.11 Å². The lowest BCUT2D eigenvalue weighted by Gasteiger charge is -2.04. The van der Waals surface area contributed by atoms with Crippen LogP contribution in [0.5, 0.6) is 0 Å². The minimum absolute atomic E-state index is 0.279. The molecule has 0 saturated carbocycles. The van der Waals surface area contributed by atoms with Gasteiger partial charge in [0.1, 0.15) is 0 Å². The minimum atomic E-state index is -0.574. The van der Waals surface area contributed by atoms with E-state index in [1.165, 1.54) is 7.11 Å². The molecule has 5 nitrogen and oxygen atoms in total. The Balaban J connectivity index is 2.41. The van der Waals surface area contributed by atoms with Crippen LogP contribution in [-0.2, 0) is 11.2 Å². The summed E-state index contributed by atoms with van der Waals surface area (Å²) in [7, 11) is 1.53. The normalized spacial score (nSPS) is 13.2. The molecule has 1 aromatic heterocycles. The van der Waals surface area contributed by atoms with E-state index >= 15 is 0 Å². The molecule has 68 valence electrons. The molecule has 0 aliphatic rings. The molecule has 1 atom stereocenters. The van der Waals surface area contributed by atoms with Crippen LogP contribution in [0.2, 0.25) is 0 Å². The number of methoxy groups -OCH3 is 1. The van der Waals surface area contributed by atoms with Gasteiger partial charge >= 0.3 is 0 Å². The average Bonchev–Trinajstić information content (AvgIpc) is 2.36. The molecule has 0 fully saturated rings. The van der Waals surface area contributed by atoms with E-state index in [1.807, 2.05) is 0 Å². The number of aliphatic hydroxyl groups excluding tert-OH is 1. The van der Waals surface area contributed by atoms with Gasteiger partial charge in [-0.1, -0.05) is 5.16 Å². The van der Waals surface area contributed by atoms with Crippen LogP contribution in [-0.4, -0.2) is 35.1 Å². The number of aryl methyl sites for hydroxylation is 1. The minimum Gasteiger partial charge on any atom is -0.390 e. The summed E-state index contributed by atoms with van der Waals surface area (Å²) in [6, 6.07) is 0. The van der Waals surface area contributed by atoms with Crippen molar-refractivity contribution in [2.45, 2.75) is 19.4 Å². The molecule has 0 spiro atoms. The lowest BCUT2D eigenvalue weighted by molar-refractivity contribution is 0.0599. The number of nitrogens with zero attached hydrogens (tertiary/aromatic N) is 2. The van der Waals surface area contributed by atoms with Crippen molar-refractivity contribution in [1.82, 2.24) is 10.1 Å². The van der Waals surface area contributed by atoms with E-state index < -0.39 is 6.10 Å². The smallest absolute Gasteiger partial charge is 0.229 e.